The first-order valence-corrected chi connectivity index (χ1v) is 7.38. The third-order valence-electron chi connectivity index (χ3n) is 3.19. The summed E-state index contributed by atoms with van der Waals surface area (Å²) in [6.45, 7) is 0.268. The average Bonchev–Trinajstić information content (AvgIpc) is 2.69. The zero-order valence-corrected chi connectivity index (χ0v) is 11.4. The number of hydrogen-bond donors (Lipinski definition) is 2. The van der Waals surface area contributed by atoms with Crippen molar-refractivity contribution in [2.45, 2.75) is 30.2 Å². The van der Waals surface area contributed by atoms with Crippen molar-refractivity contribution in [1.82, 2.24) is 14.1 Å². The van der Waals surface area contributed by atoms with Gasteiger partial charge in [0.25, 0.3) is 0 Å². The molecule has 0 saturated carbocycles. The molecule has 0 spiro atoms. The lowest BCUT2D eigenvalue weighted by atomic mass is 10.0. The van der Waals surface area contributed by atoms with Gasteiger partial charge in [-0.2, -0.15) is 9.40 Å². The van der Waals surface area contributed by atoms with Crippen molar-refractivity contribution in [3.05, 3.63) is 6.20 Å². The first kappa shape index (κ1) is 13.8. The van der Waals surface area contributed by atoms with Crippen LogP contribution in [0, 0.1) is 0 Å². The lowest BCUT2D eigenvalue weighted by Gasteiger charge is -2.32. The fourth-order valence-electron chi connectivity index (χ4n) is 2.29. The number of nitrogen functional groups attached to an aromatic ring is 1. The van der Waals surface area contributed by atoms with Crippen LogP contribution in [0.3, 0.4) is 0 Å². The highest BCUT2D eigenvalue weighted by Gasteiger charge is 2.38. The summed E-state index contributed by atoms with van der Waals surface area (Å²) in [6.07, 6.45) is 3.25. The number of carbonyl (C=O) groups excluding carboxylic acids is 1. The predicted molar refractivity (Wildman–Crippen MR) is 68.3 cm³/mol. The van der Waals surface area contributed by atoms with Crippen LogP contribution in [0.25, 0.3) is 0 Å². The van der Waals surface area contributed by atoms with Crippen LogP contribution in [-0.2, 0) is 21.9 Å². The standard InChI is InChI=1S/C10H17N5O3S/c1-14-6-8(9(11)13-14)19(17,18)15-5-3-2-4-7(15)10(12)16/h6-7H,2-5H2,1H3,(H2,11,13)(H2,12,16). The lowest BCUT2D eigenvalue weighted by molar-refractivity contribution is -0.122. The number of sulfonamides is 1. The van der Waals surface area contributed by atoms with Gasteiger partial charge in [-0.15, -0.1) is 0 Å². The first-order chi connectivity index (χ1) is 8.84. The Bertz CT molecular complexity index is 594. The van der Waals surface area contributed by atoms with E-state index >= 15 is 0 Å². The van der Waals surface area contributed by atoms with Crippen molar-refractivity contribution in [2.24, 2.45) is 12.8 Å². The van der Waals surface area contributed by atoms with Crippen molar-refractivity contribution < 1.29 is 13.2 Å². The van der Waals surface area contributed by atoms with Gasteiger partial charge in [0.1, 0.15) is 10.9 Å². The van der Waals surface area contributed by atoms with Gasteiger partial charge in [0, 0.05) is 19.8 Å². The summed E-state index contributed by atoms with van der Waals surface area (Å²) in [5, 5.41) is 3.81. The molecule has 1 fully saturated rings. The fraction of sp³-hybridized carbons (Fsp3) is 0.600. The molecule has 0 aliphatic carbocycles. The molecule has 1 saturated heterocycles. The van der Waals surface area contributed by atoms with Crippen LogP contribution in [0.2, 0.25) is 0 Å². The van der Waals surface area contributed by atoms with E-state index in [4.69, 9.17) is 11.5 Å². The summed E-state index contributed by atoms with van der Waals surface area (Å²) >= 11 is 0. The van der Waals surface area contributed by atoms with Gasteiger partial charge >= 0.3 is 0 Å². The highest BCUT2D eigenvalue weighted by molar-refractivity contribution is 7.89. The van der Waals surface area contributed by atoms with Gasteiger partial charge in [0.15, 0.2) is 5.82 Å². The van der Waals surface area contributed by atoms with Crippen LogP contribution in [0.5, 0.6) is 0 Å². The zero-order chi connectivity index (χ0) is 14.2. The van der Waals surface area contributed by atoms with Crippen LogP contribution < -0.4 is 11.5 Å². The quantitative estimate of drug-likeness (QED) is 0.740. The lowest BCUT2D eigenvalue weighted by Crippen LogP contribution is -2.50. The SMILES string of the molecule is Cn1cc(S(=O)(=O)N2CCCCC2C(N)=O)c(N)n1. The number of hydrogen-bond acceptors (Lipinski definition) is 5. The highest BCUT2D eigenvalue weighted by Crippen LogP contribution is 2.27. The molecule has 0 aromatic carbocycles. The molecule has 9 heteroatoms. The zero-order valence-electron chi connectivity index (χ0n) is 10.6. The number of aromatic nitrogens is 2. The van der Waals surface area contributed by atoms with Crippen LogP contribution in [-0.4, -0.2) is 41.0 Å². The minimum Gasteiger partial charge on any atom is -0.381 e. The number of rotatable bonds is 3. The Morgan fingerprint density at radius 2 is 2.16 bits per heavy atom. The minimum absolute atomic E-state index is 0.0729. The van der Waals surface area contributed by atoms with Crippen LogP contribution in [0.1, 0.15) is 19.3 Å². The molecule has 1 aliphatic rings. The van der Waals surface area contributed by atoms with E-state index in [2.05, 4.69) is 5.10 Å². The molecule has 1 amide bonds. The van der Waals surface area contributed by atoms with Crippen LogP contribution in [0.15, 0.2) is 11.1 Å². The van der Waals surface area contributed by atoms with E-state index in [9.17, 15) is 13.2 Å². The molecule has 0 bridgehead atoms. The molecule has 1 atom stereocenters. The Hall–Kier alpha value is -1.61. The summed E-state index contributed by atoms with van der Waals surface area (Å²) in [4.78, 5) is 11.3. The van der Waals surface area contributed by atoms with Gasteiger partial charge in [-0.25, -0.2) is 8.42 Å². The van der Waals surface area contributed by atoms with Gasteiger partial charge in [-0.1, -0.05) is 6.42 Å². The molecule has 1 aliphatic heterocycles. The van der Waals surface area contributed by atoms with E-state index in [1.165, 1.54) is 10.9 Å². The van der Waals surface area contributed by atoms with Gasteiger partial charge in [0.05, 0.1) is 0 Å². The van der Waals surface area contributed by atoms with E-state index in [0.717, 1.165) is 10.7 Å². The third kappa shape index (κ3) is 2.43. The normalized spacial score (nSPS) is 21.4. The minimum atomic E-state index is -3.84. The number of aryl methyl sites for hydroxylation is 1. The Morgan fingerprint density at radius 1 is 1.47 bits per heavy atom. The molecule has 0 radical (unpaired) electrons. The number of primary amides is 1. The van der Waals surface area contributed by atoms with Crippen molar-refractivity contribution in [2.75, 3.05) is 12.3 Å². The molecule has 2 rings (SSSR count). The Kier molecular flexibility index (Phi) is 3.50. The molecule has 4 N–H and O–H groups in total. The van der Waals surface area contributed by atoms with E-state index in [-0.39, 0.29) is 17.3 Å². The maximum atomic E-state index is 12.5. The largest absolute Gasteiger partial charge is 0.381 e. The van der Waals surface area contributed by atoms with Gasteiger partial charge in [-0.05, 0) is 12.8 Å². The molecule has 8 nitrogen and oxygen atoms in total. The number of amides is 1. The number of nitrogens with zero attached hydrogens (tertiary/aromatic N) is 3. The Labute approximate surface area is 111 Å². The number of piperidine rings is 1. The second-order valence-corrected chi connectivity index (χ2v) is 6.44. The first-order valence-electron chi connectivity index (χ1n) is 5.94. The van der Waals surface area contributed by atoms with Crippen molar-refractivity contribution in [3.8, 4) is 0 Å². The number of anilines is 1. The summed E-state index contributed by atoms with van der Waals surface area (Å²) in [7, 11) is -2.26. The molecule has 106 valence electrons. The molecule has 19 heavy (non-hydrogen) atoms. The third-order valence-corrected chi connectivity index (χ3v) is 5.12. The molecular weight excluding hydrogens is 270 g/mol. The molecule has 1 aromatic rings. The molecule has 1 aromatic heterocycles. The number of carbonyl (C=O) groups is 1. The summed E-state index contributed by atoms with van der Waals surface area (Å²) in [6, 6.07) is -0.807. The predicted octanol–water partition coefficient (Wildman–Crippen LogP) is -0.969. The maximum Gasteiger partial charge on any atom is 0.249 e. The van der Waals surface area contributed by atoms with Gasteiger partial charge in [0.2, 0.25) is 15.9 Å². The highest BCUT2D eigenvalue weighted by atomic mass is 32.2. The van der Waals surface area contributed by atoms with Gasteiger partial charge in [-0.3, -0.25) is 9.48 Å². The second kappa shape index (κ2) is 4.82. The van der Waals surface area contributed by atoms with Crippen molar-refractivity contribution in [3.63, 3.8) is 0 Å². The smallest absolute Gasteiger partial charge is 0.249 e. The second-order valence-electron chi connectivity index (χ2n) is 4.58. The molecule has 1 unspecified atom stereocenters. The van der Waals surface area contributed by atoms with Crippen molar-refractivity contribution >= 4 is 21.7 Å². The number of nitrogens with two attached hydrogens (primary N) is 2. The van der Waals surface area contributed by atoms with Crippen LogP contribution >= 0.6 is 0 Å². The monoisotopic (exact) mass is 287 g/mol. The topological polar surface area (TPSA) is 124 Å². The van der Waals surface area contributed by atoms with E-state index in [0.29, 0.717) is 12.8 Å². The van der Waals surface area contributed by atoms with Gasteiger partial charge < -0.3 is 11.5 Å². The van der Waals surface area contributed by atoms with Crippen molar-refractivity contribution in [1.29, 1.82) is 0 Å². The summed E-state index contributed by atoms with van der Waals surface area (Å²) in [5.41, 5.74) is 10.9. The molecule has 2 heterocycles. The van der Waals surface area contributed by atoms with E-state index < -0.39 is 22.0 Å². The maximum absolute atomic E-state index is 12.5. The molecular formula is C10H17N5O3S. The summed E-state index contributed by atoms with van der Waals surface area (Å²) < 4.78 is 27.5. The van der Waals surface area contributed by atoms with E-state index in [1.54, 1.807) is 7.05 Å². The fourth-order valence-corrected chi connectivity index (χ4v) is 4.04. The average molecular weight is 287 g/mol. The summed E-state index contributed by atoms with van der Waals surface area (Å²) in [5.74, 6) is -0.706. The Balaban J connectivity index is 2.43. The van der Waals surface area contributed by atoms with Crippen LogP contribution in [0.4, 0.5) is 5.82 Å². The Morgan fingerprint density at radius 3 is 2.68 bits per heavy atom. The van der Waals surface area contributed by atoms with E-state index in [1.807, 2.05) is 0 Å².